The van der Waals surface area contributed by atoms with Crippen molar-refractivity contribution >= 4 is 118 Å². The minimum atomic E-state index is -1.85. The smallest absolute Gasteiger partial charge is 0.248 e. The number of carbonyl (C=O) groups excluding carboxylic acids is 20. The predicted octanol–water partition coefficient (Wildman–Crippen LogP) is -2.52. The molecular weight excluding hydrogens is 1640 g/mol. The first-order valence-electron chi connectivity index (χ1n) is 42.6. The van der Waals surface area contributed by atoms with E-state index in [0.717, 1.165) is 5.56 Å². The first kappa shape index (κ1) is 111. The fraction of sp³-hybridized carbons (Fsp3) is 0.694. The fourth-order valence-corrected chi connectivity index (χ4v) is 12.9. The highest BCUT2D eigenvalue weighted by Gasteiger charge is 2.48. The van der Waals surface area contributed by atoms with Gasteiger partial charge in [-0.2, -0.15) is 0 Å². The highest BCUT2D eigenvalue weighted by molar-refractivity contribution is 6.04. The number of carbonyl (C=O) groups is 20. The summed E-state index contributed by atoms with van der Waals surface area (Å²) in [5.41, 5.74) is -2.19. The van der Waals surface area contributed by atoms with Crippen molar-refractivity contribution in [3.8, 4) is 0 Å². The standard InChI is InChI=1S/C85H142N20O21/c1-26-84(24,102-65(114)54(36-38-59(87)109)95-75(124)85(25,27-2)104-74(123)82(20,21)98-63(112)49(10)89-62(111)48(9)90-71(120)79(14,15)97-50(11)107)76(125)96-61(47(7)8)69(118)101-78(12,13)70(119)88-43-60(110)92-55(40-45(3)4)66(115)100-83(22,23)77(126)105-39-31-34-57(105)68(117)93-56(41-46(5)6)67(116)99-81(18,19)73(122)103-80(16,17)72(121)94-53(35-37-58(86)108)64(113)91-52(44-106)42-51-32-29-28-30-33-51/h28-30,32-33,45-49,52-57,61,106H,26-27,31,34-44H2,1-25H3,(H2,86,108)(H2,87,109)(H,88,119)(H,89,111)(H,90,120)(H,91,113)(H,92,110)(H,93,117)(H,94,121)(H,95,124)(H,96,125)(H,97,107)(H,98,112)(H,99,116)(H,100,115)(H,101,118)(H,102,114)(H,103,122)(H,104,123)/t48-,49-,52-,53-,54-,55-,56-,57-,61-,84+,85+/m0/s1. The minimum Gasteiger partial charge on any atom is -0.394 e. The molecule has 1 aromatic rings. The summed E-state index contributed by atoms with van der Waals surface area (Å²) in [4.78, 5) is 274. The lowest BCUT2D eigenvalue weighted by Gasteiger charge is -2.36. The van der Waals surface area contributed by atoms with Crippen LogP contribution in [0.5, 0.6) is 0 Å². The Bertz CT molecular complexity index is 4130. The van der Waals surface area contributed by atoms with Gasteiger partial charge >= 0.3 is 0 Å². The Hall–Kier alpha value is -11.4. The second-order valence-electron chi connectivity index (χ2n) is 37.2. The summed E-state index contributed by atoms with van der Waals surface area (Å²) in [5, 5.41) is 54.0. The number of aliphatic hydroxyl groups excluding tert-OH is 1. The molecule has 41 heteroatoms. The van der Waals surface area contributed by atoms with E-state index in [2.05, 4.69) is 90.4 Å². The molecule has 0 aliphatic carbocycles. The Balaban J connectivity index is 2.21. The molecule has 22 N–H and O–H groups in total. The number of benzene rings is 1. The maximum Gasteiger partial charge on any atom is 0.248 e. The maximum absolute atomic E-state index is 14.6. The number of likely N-dealkylation sites (tertiary alicyclic amines) is 1. The van der Waals surface area contributed by atoms with Crippen LogP contribution in [0, 0.1) is 17.8 Å². The predicted molar refractivity (Wildman–Crippen MR) is 465 cm³/mol. The molecule has 0 unspecified atom stereocenters. The van der Waals surface area contributed by atoms with Crippen molar-refractivity contribution in [1.29, 1.82) is 0 Å². The number of hydrogen-bond donors (Lipinski definition) is 20. The molecule has 11 atom stereocenters. The lowest BCUT2D eigenvalue weighted by atomic mass is 9.92. The largest absolute Gasteiger partial charge is 0.394 e. The summed E-state index contributed by atoms with van der Waals surface area (Å²) in [6.45, 7) is 35.1. The van der Waals surface area contributed by atoms with Gasteiger partial charge in [-0.1, -0.05) is 85.7 Å². The van der Waals surface area contributed by atoms with Gasteiger partial charge in [-0.05, 0) is 192 Å². The van der Waals surface area contributed by atoms with Crippen molar-refractivity contribution in [3.05, 3.63) is 35.9 Å². The SMILES string of the molecule is CC[C@@](C)(NC(=O)[C@H](CCC(N)=O)NC(=O)[C@@](C)(CC)NC(=O)C(C)(C)NC(=O)[C@H](C)NC(=O)[C@H](C)NC(=O)C(C)(C)NC(C)=O)C(=O)N[C@H](C(=O)NC(C)(C)C(=O)NCC(=O)N[C@@H](CC(C)C)C(=O)NC(C)(C)C(=O)N1CCC[C@H]1C(=O)N[C@@H](CC(C)C)C(=O)NC(C)(C)C(=O)NC(C)(C)C(=O)N[C@@H](CCC(N)=O)C(=O)N[C@H](CO)Cc1ccccc1)C(C)C. The van der Waals surface area contributed by atoms with Crippen molar-refractivity contribution in [1.82, 2.24) is 95.3 Å². The number of primary amides is 2. The molecule has 0 spiro atoms. The highest BCUT2D eigenvalue weighted by Crippen LogP contribution is 2.25. The van der Waals surface area contributed by atoms with Crippen LogP contribution in [0.2, 0.25) is 0 Å². The molecule has 0 aromatic heterocycles. The van der Waals surface area contributed by atoms with Gasteiger partial charge in [0.2, 0.25) is 118 Å². The van der Waals surface area contributed by atoms with Crippen LogP contribution in [-0.2, 0) is 102 Å². The number of nitrogens with two attached hydrogens (primary N) is 2. The number of aliphatic hydroxyl groups is 1. The number of rotatable bonds is 50. The van der Waals surface area contributed by atoms with Gasteiger partial charge < -0.3 is 112 Å². The molecule has 1 aliphatic heterocycles. The van der Waals surface area contributed by atoms with Crippen LogP contribution in [-0.4, -0.2) is 247 Å². The maximum atomic E-state index is 14.6. The Morgan fingerprint density at radius 3 is 1.34 bits per heavy atom. The fourth-order valence-electron chi connectivity index (χ4n) is 12.9. The van der Waals surface area contributed by atoms with Crippen LogP contribution in [0.3, 0.4) is 0 Å². The van der Waals surface area contributed by atoms with Crippen molar-refractivity contribution in [2.24, 2.45) is 29.2 Å². The molecule has 20 amide bonds. The molecule has 0 radical (unpaired) electrons. The van der Waals surface area contributed by atoms with Gasteiger partial charge in [0.1, 0.15) is 92.6 Å². The van der Waals surface area contributed by atoms with E-state index >= 15 is 0 Å². The average molecular weight is 1780 g/mol. The summed E-state index contributed by atoms with van der Waals surface area (Å²) in [5.74, 6) is -17.3. The first-order chi connectivity index (χ1) is 57.8. The summed E-state index contributed by atoms with van der Waals surface area (Å²) < 4.78 is 0. The molecular formula is C85H142N20O21. The molecule has 41 nitrogen and oxygen atoms in total. The zero-order valence-corrected chi connectivity index (χ0v) is 77.9. The van der Waals surface area contributed by atoms with E-state index in [4.69, 9.17) is 11.5 Å². The molecule has 0 bridgehead atoms. The van der Waals surface area contributed by atoms with Gasteiger partial charge in [-0.15, -0.1) is 0 Å². The zero-order valence-electron chi connectivity index (χ0n) is 77.9. The summed E-state index contributed by atoms with van der Waals surface area (Å²) >= 11 is 0. The third kappa shape index (κ3) is 34.5. The van der Waals surface area contributed by atoms with Gasteiger partial charge in [0.05, 0.1) is 19.2 Å². The number of hydrogen-bond acceptors (Lipinski definition) is 21. The van der Waals surface area contributed by atoms with E-state index in [1.807, 2.05) is 0 Å². The van der Waals surface area contributed by atoms with Crippen LogP contribution >= 0.6 is 0 Å². The van der Waals surface area contributed by atoms with E-state index in [0.29, 0.717) is 6.42 Å². The molecule has 1 aromatic carbocycles. The van der Waals surface area contributed by atoms with Crippen LogP contribution < -0.4 is 102 Å². The second-order valence-corrected chi connectivity index (χ2v) is 37.2. The van der Waals surface area contributed by atoms with Gasteiger partial charge in [0.25, 0.3) is 0 Å². The lowest BCUT2D eigenvalue weighted by molar-refractivity contribution is -0.145. The van der Waals surface area contributed by atoms with Gasteiger partial charge in [-0.3, -0.25) is 95.9 Å². The van der Waals surface area contributed by atoms with E-state index in [1.54, 1.807) is 71.9 Å². The monoisotopic (exact) mass is 1780 g/mol. The molecule has 1 heterocycles. The molecule has 1 fully saturated rings. The third-order valence-electron chi connectivity index (χ3n) is 21.4. The second kappa shape index (κ2) is 47.2. The third-order valence-corrected chi connectivity index (χ3v) is 21.4. The molecule has 1 aliphatic rings. The van der Waals surface area contributed by atoms with Gasteiger partial charge in [0.15, 0.2) is 0 Å². The van der Waals surface area contributed by atoms with Crippen molar-refractivity contribution < 1.29 is 101 Å². The van der Waals surface area contributed by atoms with Crippen molar-refractivity contribution in [3.63, 3.8) is 0 Å². The molecule has 126 heavy (non-hydrogen) atoms. The number of amides is 20. The quantitative estimate of drug-likeness (QED) is 0.0320. The lowest BCUT2D eigenvalue weighted by Crippen LogP contribution is -2.67. The topological polar surface area (TPSA) is 621 Å². The van der Waals surface area contributed by atoms with Crippen molar-refractivity contribution in [2.45, 2.75) is 342 Å². The van der Waals surface area contributed by atoms with Crippen molar-refractivity contribution in [2.75, 3.05) is 19.7 Å². The summed E-state index contributed by atoms with van der Waals surface area (Å²) in [7, 11) is 0. The number of nitrogens with zero attached hydrogens (tertiary/aromatic N) is 1. The van der Waals surface area contributed by atoms with E-state index in [9.17, 15) is 101 Å². The minimum absolute atomic E-state index is 0.0311. The zero-order chi connectivity index (χ0) is 97.1. The Labute approximate surface area is 738 Å². The molecule has 0 saturated carbocycles. The molecule has 1 saturated heterocycles. The molecule has 708 valence electrons. The summed E-state index contributed by atoms with van der Waals surface area (Å²) in [6, 6.07) is -2.25. The Morgan fingerprint density at radius 1 is 0.429 bits per heavy atom. The number of nitrogens with one attached hydrogen (secondary N) is 17. The normalized spacial score (nSPS) is 16.0. The Morgan fingerprint density at radius 2 is 0.849 bits per heavy atom. The molecule has 2 rings (SSSR count). The van der Waals surface area contributed by atoms with Crippen LogP contribution in [0.1, 0.15) is 243 Å². The van der Waals surface area contributed by atoms with Gasteiger partial charge in [0, 0.05) is 26.3 Å². The van der Waals surface area contributed by atoms with E-state index < -0.39 is 249 Å². The van der Waals surface area contributed by atoms with E-state index in [1.165, 1.54) is 136 Å². The highest BCUT2D eigenvalue weighted by atomic mass is 16.3. The van der Waals surface area contributed by atoms with E-state index in [-0.39, 0.29) is 69.7 Å². The average Bonchev–Trinajstić information content (AvgIpc) is 1.43. The van der Waals surface area contributed by atoms with Crippen LogP contribution in [0.4, 0.5) is 0 Å². The van der Waals surface area contributed by atoms with Gasteiger partial charge in [-0.25, -0.2) is 0 Å². The first-order valence-corrected chi connectivity index (χ1v) is 42.6. The Kier molecular flexibility index (Phi) is 41.5. The van der Waals surface area contributed by atoms with Crippen LogP contribution in [0.25, 0.3) is 0 Å². The van der Waals surface area contributed by atoms with Crippen LogP contribution in [0.15, 0.2) is 30.3 Å². The summed E-state index contributed by atoms with van der Waals surface area (Å²) in [6.07, 6.45) is -0.792.